The molecule has 0 radical (unpaired) electrons. The van der Waals surface area contributed by atoms with E-state index in [1.54, 1.807) is 18.4 Å². The van der Waals surface area contributed by atoms with Crippen LogP contribution in [-0.4, -0.2) is 29.4 Å². The van der Waals surface area contributed by atoms with Crippen molar-refractivity contribution in [2.24, 2.45) is 0 Å². The molecule has 1 atom stereocenters. The highest BCUT2D eigenvalue weighted by Crippen LogP contribution is 2.33. The molecule has 3 heterocycles. The smallest absolute Gasteiger partial charge is 0.124 e. The van der Waals surface area contributed by atoms with Crippen molar-refractivity contribution in [3.63, 3.8) is 0 Å². The Kier molecular flexibility index (Phi) is 4.83. The number of benzene rings is 1. The maximum atomic E-state index is 5.82. The largest absolute Gasteiger partial charge is 0.497 e. The maximum Gasteiger partial charge on any atom is 0.124 e. The normalized spacial score (nSPS) is 17.0. The molecule has 1 saturated heterocycles. The van der Waals surface area contributed by atoms with Crippen molar-refractivity contribution in [2.45, 2.75) is 39.3 Å². The van der Waals surface area contributed by atoms with E-state index in [4.69, 9.17) is 14.5 Å². The third kappa shape index (κ3) is 3.29. The fourth-order valence-electron chi connectivity index (χ4n) is 3.60. The van der Waals surface area contributed by atoms with E-state index in [9.17, 15) is 0 Å². The Labute approximate surface area is 158 Å². The molecule has 5 heteroatoms. The molecule has 0 N–H and O–H groups in total. The molecule has 26 heavy (non-hydrogen) atoms. The lowest BCUT2D eigenvalue weighted by Crippen LogP contribution is -2.16. The van der Waals surface area contributed by atoms with Crippen LogP contribution in [0.4, 0.5) is 0 Å². The summed E-state index contributed by atoms with van der Waals surface area (Å²) in [5.74, 6) is 0.864. The summed E-state index contributed by atoms with van der Waals surface area (Å²) < 4.78 is 13.4. The van der Waals surface area contributed by atoms with Crippen molar-refractivity contribution in [2.75, 3.05) is 13.7 Å². The van der Waals surface area contributed by atoms with Gasteiger partial charge in [-0.2, -0.15) is 0 Å². The Hall–Kier alpha value is -2.11. The van der Waals surface area contributed by atoms with Crippen molar-refractivity contribution in [1.29, 1.82) is 0 Å². The van der Waals surface area contributed by atoms with Crippen LogP contribution >= 0.6 is 11.3 Å². The second-order valence-electron chi connectivity index (χ2n) is 6.80. The minimum absolute atomic E-state index is 0.345. The number of aryl methyl sites for hydroxylation is 1. The highest BCUT2D eigenvalue weighted by molar-refractivity contribution is 7.13. The molecule has 0 bridgehead atoms. The van der Waals surface area contributed by atoms with Crippen LogP contribution in [0.3, 0.4) is 0 Å². The Morgan fingerprint density at radius 1 is 1.27 bits per heavy atom. The summed E-state index contributed by atoms with van der Waals surface area (Å²) in [5.41, 5.74) is 5.93. The number of aromatic nitrogens is 2. The van der Waals surface area contributed by atoms with E-state index < -0.39 is 0 Å². The Morgan fingerprint density at radius 2 is 2.08 bits per heavy atom. The van der Waals surface area contributed by atoms with Gasteiger partial charge in [-0.05, 0) is 57.0 Å². The van der Waals surface area contributed by atoms with Gasteiger partial charge in [0.05, 0.1) is 18.9 Å². The van der Waals surface area contributed by atoms with E-state index in [0.717, 1.165) is 41.6 Å². The predicted molar refractivity (Wildman–Crippen MR) is 106 cm³/mol. The molecular formula is C21H24N2O2S. The monoisotopic (exact) mass is 368 g/mol. The highest BCUT2D eigenvalue weighted by atomic mass is 32.1. The fourth-order valence-corrected chi connectivity index (χ4v) is 4.42. The van der Waals surface area contributed by atoms with Crippen molar-refractivity contribution in [3.8, 4) is 27.6 Å². The van der Waals surface area contributed by atoms with Gasteiger partial charge in [0.1, 0.15) is 10.8 Å². The van der Waals surface area contributed by atoms with Crippen molar-refractivity contribution >= 4 is 11.3 Å². The molecule has 1 aliphatic heterocycles. The van der Waals surface area contributed by atoms with Crippen LogP contribution in [0.1, 0.15) is 24.2 Å². The molecule has 2 aromatic heterocycles. The van der Waals surface area contributed by atoms with Crippen molar-refractivity contribution < 1.29 is 9.47 Å². The second-order valence-corrected chi connectivity index (χ2v) is 7.65. The third-order valence-corrected chi connectivity index (χ3v) is 5.99. The molecule has 1 fully saturated rings. The standard InChI is InChI=1S/C21H24N2O2S/c1-14-11-19(15(2)23(14)12-18-5-4-10-25-18)20-13-26-21(22-20)16-6-8-17(24-3)9-7-16/h6-9,11,13,18H,4-5,10,12H2,1-3H3/t18-/m1/s1. The number of nitrogens with zero attached hydrogens (tertiary/aromatic N) is 2. The number of hydrogen-bond donors (Lipinski definition) is 0. The van der Waals surface area contributed by atoms with Crippen LogP contribution in [0, 0.1) is 13.8 Å². The average Bonchev–Trinajstić information content (AvgIpc) is 3.39. The van der Waals surface area contributed by atoms with Crippen LogP contribution in [0.2, 0.25) is 0 Å². The first-order chi connectivity index (χ1) is 12.7. The topological polar surface area (TPSA) is 36.3 Å². The number of thiazole rings is 1. The van der Waals surface area contributed by atoms with Gasteiger partial charge in [0.15, 0.2) is 0 Å². The molecule has 4 nitrogen and oxygen atoms in total. The third-order valence-electron chi connectivity index (χ3n) is 5.10. The molecule has 1 aromatic carbocycles. The number of methoxy groups -OCH3 is 1. The number of hydrogen-bond acceptors (Lipinski definition) is 4. The van der Waals surface area contributed by atoms with Gasteiger partial charge < -0.3 is 14.0 Å². The summed E-state index contributed by atoms with van der Waals surface area (Å²) in [4.78, 5) is 4.89. The first kappa shape index (κ1) is 17.3. The van der Waals surface area contributed by atoms with Gasteiger partial charge in [-0.15, -0.1) is 11.3 Å². The fraction of sp³-hybridized carbons (Fsp3) is 0.381. The van der Waals surface area contributed by atoms with Gasteiger partial charge in [0.2, 0.25) is 0 Å². The zero-order valence-electron chi connectivity index (χ0n) is 15.5. The first-order valence-electron chi connectivity index (χ1n) is 9.04. The van der Waals surface area contributed by atoms with E-state index in [1.165, 1.54) is 23.4 Å². The maximum absolute atomic E-state index is 5.82. The quantitative estimate of drug-likeness (QED) is 0.630. The molecule has 0 aliphatic carbocycles. The first-order valence-corrected chi connectivity index (χ1v) is 9.92. The predicted octanol–water partition coefficient (Wildman–Crippen LogP) is 5.08. The highest BCUT2D eigenvalue weighted by Gasteiger charge is 2.20. The molecule has 0 saturated carbocycles. The zero-order valence-corrected chi connectivity index (χ0v) is 16.3. The van der Waals surface area contributed by atoms with Crippen LogP contribution in [0.15, 0.2) is 35.7 Å². The summed E-state index contributed by atoms with van der Waals surface area (Å²) >= 11 is 1.68. The van der Waals surface area contributed by atoms with Crippen molar-refractivity contribution in [3.05, 3.63) is 47.1 Å². The molecular weight excluding hydrogens is 344 g/mol. The SMILES string of the molecule is COc1ccc(-c2nc(-c3cc(C)n(C[C@H]4CCCO4)c3C)cs2)cc1. The van der Waals surface area contributed by atoms with E-state index in [0.29, 0.717) is 6.10 Å². The van der Waals surface area contributed by atoms with Gasteiger partial charge in [-0.3, -0.25) is 0 Å². The van der Waals surface area contributed by atoms with Gasteiger partial charge >= 0.3 is 0 Å². The molecule has 0 amide bonds. The van der Waals surface area contributed by atoms with Gasteiger partial charge in [0, 0.05) is 41.0 Å². The molecule has 4 rings (SSSR count). The summed E-state index contributed by atoms with van der Waals surface area (Å²) in [6.45, 7) is 6.19. The Balaban J connectivity index is 1.60. The summed E-state index contributed by atoms with van der Waals surface area (Å²) in [7, 11) is 1.68. The Bertz CT molecular complexity index is 889. The molecule has 0 spiro atoms. The molecule has 3 aromatic rings. The average molecular weight is 369 g/mol. The molecule has 136 valence electrons. The number of ether oxygens (including phenoxy) is 2. The van der Waals surface area contributed by atoms with Crippen LogP contribution in [0.5, 0.6) is 5.75 Å². The van der Waals surface area contributed by atoms with Gasteiger partial charge in [-0.1, -0.05) is 0 Å². The second kappa shape index (κ2) is 7.25. The van der Waals surface area contributed by atoms with E-state index in [1.807, 2.05) is 12.1 Å². The molecule has 1 aliphatic rings. The lowest BCUT2D eigenvalue weighted by Gasteiger charge is -2.14. The van der Waals surface area contributed by atoms with Crippen LogP contribution in [0.25, 0.3) is 21.8 Å². The van der Waals surface area contributed by atoms with Crippen LogP contribution < -0.4 is 4.74 Å². The molecule has 0 unspecified atom stereocenters. The summed E-state index contributed by atoms with van der Waals surface area (Å²) in [5, 5.41) is 3.18. The zero-order chi connectivity index (χ0) is 18.1. The van der Waals surface area contributed by atoms with E-state index in [2.05, 4.69) is 42.0 Å². The van der Waals surface area contributed by atoms with Crippen molar-refractivity contribution in [1.82, 2.24) is 9.55 Å². The minimum atomic E-state index is 0.345. The summed E-state index contributed by atoms with van der Waals surface area (Å²) in [6.07, 6.45) is 2.68. The lowest BCUT2D eigenvalue weighted by molar-refractivity contribution is 0.0962. The lowest BCUT2D eigenvalue weighted by atomic mass is 10.2. The van der Waals surface area contributed by atoms with Gasteiger partial charge in [-0.25, -0.2) is 4.98 Å². The minimum Gasteiger partial charge on any atom is -0.497 e. The van der Waals surface area contributed by atoms with Crippen LogP contribution in [-0.2, 0) is 11.3 Å². The van der Waals surface area contributed by atoms with E-state index in [-0.39, 0.29) is 0 Å². The number of rotatable bonds is 5. The Morgan fingerprint density at radius 3 is 2.77 bits per heavy atom. The van der Waals surface area contributed by atoms with Gasteiger partial charge in [0.25, 0.3) is 0 Å². The van der Waals surface area contributed by atoms with E-state index >= 15 is 0 Å². The summed E-state index contributed by atoms with van der Waals surface area (Å²) in [6, 6.07) is 10.3.